The zero-order valence-corrected chi connectivity index (χ0v) is 9.70. The number of hydrogen-bond donors (Lipinski definition) is 2. The second-order valence-corrected chi connectivity index (χ2v) is 4.27. The Bertz CT molecular complexity index is 352. The van der Waals surface area contributed by atoms with Gasteiger partial charge in [-0.2, -0.15) is 0 Å². The van der Waals surface area contributed by atoms with Crippen LogP contribution in [-0.2, 0) is 11.2 Å². The van der Waals surface area contributed by atoms with E-state index in [4.69, 9.17) is 4.74 Å². The SMILES string of the molecule is COCCCNC1CCc2cc(O)ccc21. The molecule has 0 aliphatic heterocycles. The minimum atomic E-state index is 0.374. The standard InChI is InChI=1S/C13H19NO2/c1-16-8-2-7-14-13-6-3-10-9-11(15)4-5-12(10)13/h4-5,9,13-15H,2-3,6-8H2,1H3. The molecule has 0 saturated heterocycles. The lowest BCUT2D eigenvalue weighted by Crippen LogP contribution is -2.21. The van der Waals surface area contributed by atoms with Crippen molar-refractivity contribution in [1.82, 2.24) is 5.32 Å². The summed E-state index contributed by atoms with van der Waals surface area (Å²) in [6.45, 7) is 1.79. The molecule has 0 aromatic heterocycles. The third-order valence-electron chi connectivity index (χ3n) is 3.12. The third kappa shape index (κ3) is 2.54. The van der Waals surface area contributed by atoms with Crippen molar-refractivity contribution in [2.75, 3.05) is 20.3 Å². The van der Waals surface area contributed by atoms with Crippen LogP contribution in [0.15, 0.2) is 18.2 Å². The van der Waals surface area contributed by atoms with Crippen molar-refractivity contribution in [2.45, 2.75) is 25.3 Å². The first-order chi connectivity index (χ1) is 7.81. The molecule has 2 N–H and O–H groups in total. The summed E-state index contributed by atoms with van der Waals surface area (Å²) in [6, 6.07) is 6.14. The molecule has 1 aliphatic rings. The zero-order chi connectivity index (χ0) is 11.4. The molecule has 1 aliphatic carbocycles. The molecule has 1 aromatic rings. The van der Waals surface area contributed by atoms with Gasteiger partial charge in [0.25, 0.3) is 0 Å². The molecule has 1 atom stereocenters. The fraction of sp³-hybridized carbons (Fsp3) is 0.538. The molecule has 16 heavy (non-hydrogen) atoms. The van der Waals surface area contributed by atoms with E-state index in [2.05, 4.69) is 5.32 Å². The summed E-state index contributed by atoms with van der Waals surface area (Å²) in [5.74, 6) is 0.374. The minimum Gasteiger partial charge on any atom is -0.508 e. The fourth-order valence-corrected chi connectivity index (χ4v) is 2.31. The Hall–Kier alpha value is -1.06. The Kier molecular flexibility index (Phi) is 3.80. The average molecular weight is 221 g/mol. The van der Waals surface area contributed by atoms with Gasteiger partial charge in [-0.1, -0.05) is 6.07 Å². The summed E-state index contributed by atoms with van der Waals surface area (Å²) >= 11 is 0. The highest BCUT2D eigenvalue weighted by molar-refractivity contribution is 5.39. The smallest absolute Gasteiger partial charge is 0.115 e. The lowest BCUT2D eigenvalue weighted by molar-refractivity contribution is 0.193. The van der Waals surface area contributed by atoms with Gasteiger partial charge >= 0.3 is 0 Å². The Morgan fingerprint density at radius 1 is 1.50 bits per heavy atom. The second-order valence-electron chi connectivity index (χ2n) is 4.27. The van der Waals surface area contributed by atoms with E-state index in [0.29, 0.717) is 11.8 Å². The lowest BCUT2D eigenvalue weighted by Gasteiger charge is -2.13. The molecule has 0 fully saturated rings. The molecule has 0 amide bonds. The zero-order valence-electron chi connectivity index (χ0n) is 9.70. The highest BCUT2D eigenvalue weighted by Crippen LogP contribution is 2.32. The number of aryl methyl sites for hydroxylation is 1. The van der Waals surface area contributed by atoms with Gasteiger partial charge in [0.2, 0.25) is 0 Å². The molecule has 0 spiro atoms. The molecule has 0 saturated carbocycles. The van der Waals surface area contributed by atoms with Crippen molar-refractivity contribution in [3.8, 4) is 5.75 Å². The maximum absolute atomic E-state index is 9.39. The van der Waals surface area contributed by atoms with Crippen LogP contribution in [0.25, 0.3) is 0 Å². The first kappa shape index (κ1) is 11.4. The monoisotopic (exact) mass is 221 g/mol. The van der Waals surface area contributed by atoms with Gasteiger partial charge in [-0.05, 0) is 49.1 Å². The molecule has 3 heteroatoms. The van der Waals surface area contributed by atoms with E-state index in [1.807, 2.05) is 12.1 Å². The summed E-state index contributed by atoms with van der Waals surface area (Å²) in [6.07, 6.45) is 3.23. The maximum Gasteiger partial charge on any atom is 0.115 e. The molecule has 2 rings (SSSR count). The van der Waals surface area contributed by atoms with Crippen molar-refractivity contribution < 1.29 is 9.84 Å². The Labute approximate surface area is 96.4 Å². The quantitative estimate of drug-likeness (QED) is 0.747. The number of rotatable bonds is 5. The van der Waals surface area contributed by atoms with E-state index in [0.717, 1.165) is 32.4 Å². The molecule has 3 nitrogen and oxygen atoms in total. The molecular weight excluding hydrogens is 202 g/mol. The predicted octanol–water partition coefficient (Wildman–Crippen LogP) is 2.01. The van der Waals surface area contributed by atoms with Gasteiger partial charge in [-0.3, -0.25) is 0 Å². The van der Waals surface area contributed by atoms with Crippen molar-refractivity contribution >= 4 is 0 Å². The second kappa shape index (κ2) is 5.32. The van der Waals surface area contributed by atoms with Crippen molar-refractivity contribution in [1.29, 1.82) is 0 Å². The summed E-state index contributed by atoms with van der Waals surface area (Å²) in [4.78, 5) is 0. The molecule has 88 valence electrons. The van der Waals surface area contributed by atoms with E-state index in [9.17, 15) is 5.11 Å². The van der Waals surface area contributed by atoms with E-state index in [1.165, 1.54) is 11.1 Å². The molecule has 1 unspecified atom stereocenters. The molecule has 1 aromatic carbocycles. The van der Waals surface area contributed by atoms with Crippen LogP contribution in [0.4, 0.5) is 0 Å². The van der Waals surface area contributed by atoms with Crippen LogP contribution in [-0.4, -0.2) is 25.4 Å². The van der Waals surface area contributed by atoms with Gasteiger partial charge < -0.3 is 15.2 Å². The largest absolute Gasteiger partial charge is 0.508 e. The van der Waals surface area contributed by atoms with Gasteiger partial charge in [-0.25, -0.2) is 0 Å². The third-order valence-corrected chi connectivity index (χ3v) is 3.12. The Morgan fingerprint density at radius 2 is 2.38 bits per heavy atom. The van der Waals surface area contributed by atoms with Crippen molar-refractivity contribution in [3.63, 3.8) is 0 Å². The molecule has 0 heterocycles. The highest BCUT2D eigenvalue weighted by atomic mass is 16.5. The van der Waals surface area contributed by atoms with Crippen LogP contribution in [0, 0.1) is 0 Å². The molecule has 0 bridgehead atoms. The molecular formula is C13H19NO2. The number of benzene rings is 1. The van der Waals surface area contributed by atoms with Gasteiger partial charge in [0.15, 0.2) is 0 Å². The van der Waals surface area contributed by atoms with Gasteiger partial charge in [0, 0.05) is 19.8 Å². The Balaban J connectivity index is 1.91. The van der Waals surface area contributed by atoms with E-state index >= 15 is 0 Å². The minimum absolute atomic E-state index is 0.374. The number of aromatic hydroxyl groups is 1. The maximum atomic E-state index is 9.39. The summed E-state index contributed by atoms with van der Waals surface area (Å²) in [7, 11) is 1.73. The lowest BCUT2D eigenvalue weighted by atomic mass is 10.1. The van der Waals surface area contributed by atoms with Crippen molar-refractivity contribution in [3.05, 3.63) is 29.3 Å². The predicted molar refractivity (Wildman–Crippen MR) is 63.7 cm³/mol. The van der Waals surface area contributed by atoms with Gasteiger partial charge in [0.05, 0.1) is 0 Å². The number of ether oxygens (including phenoxy) is 1. The summed E-state index contributed by atoms with van der Waals surface area (Å²) in [5.41, 5.74) is 2.62. The number of phenolic OH excluding ortho intramolecular Hbond substituents is 1. The highest BCUT2D eigenvalue weighted by Gasteiger charge is 2.21. The fourth-order valence-electron chi connectivity index (χ4n) is 2.31. The normalized spacial score (nSPS) is 18.7. The van der Waals surface area contributed by atoms with Crippen LogP contribution in [0.3, 0.4) is 0 Å². The summed E-state index contributed by atoms with van der Waals surface area (Å²) < 4.78 is 5.02. The van der Waals surface area contributed by atoms with Gasteiger partial charge in [-0.15, -0.1) is 0 Å². The van der Waals surface area contributed by atoms with Crippen molar-refractivity contribution in [2.24, 2.45) is 0 Å². The van der Waals surface area contributed by atoms with Gasteiger partial charge in [0.1, 0.15) is 5.75 Å². The number of methoxy groups -OCH3 is 1. The van der Waals surface area contributed by atoms with E-state index in [-0.39, 0.29) is 0 Å². The first-order valence-corrected chi connectivity index (χ1v) is 5.85. The van der Waals surface area contributed by atoms with Crippen LogP contribution < -0.4 is 5.32 Å². The summed E-state index contributed by atoms with van der Waals surface area (Å²) in [5, 5.41) is 12.9. The molecule has 0 radical (unpaired) electrons. The van der Waals surface area contributed by atoms with Crippen LogP contribution in [0.2, 0.25) is 0 Å². The topological polar surface area (TPSA) is 41.5 Å². The number of hydrogen-bond acceptors (Lipinski definition) is 3. The Morgan fingerprint density at radius 3 is 3.19 bits per heavy atom. The number of nitrogens with one attached hydrogen (secondary N) is 1. The van der Waals surface area contributed by atoms with Crippen LogP contribution in [0.1, 0.15) is 30.0 Å². The average Bonchev–Trinajstić information content (AvgIpc) is 2.67. The number of fused-ring (bicyclic) bond motifs is 1. The number of phenols is 1. The van der Waals surface area contributed by atoms with E-state index in [1.54, 1.807) is 13.2 Å². The van der Waals surface area contributed by atoms with Crippen LogP contribution >= 0.6 is 0 Å². The van der Waals surface area contributed by atoms with E-state index < -0.39 is 0 Å². The first-order valence-electron chi connectivity index (χ1n) is 5.85. The van der Waals surface area contributed by atoms with Crippen LogP contribution in [0.5, 0.6) is 5.75 Å².